The van der Waals surface area contributed by atoms with Crippen molar-refractivity contribution in [3.8, 4) is 0 Å². The molecule has 4 aliphatic rings. The molecule has 4 rings (SSSR count). The maximum Gasteiger partial charge on any atom is 0.315 e. The largest absolute Gasteiger partial charge is 0.347 e. The van der Waals surface area contributed by atoms with Crippen molar-refractivity contribution in [2.75, 3.05) is 12.3 Å². The van der Waals surface area contributed by atoms with Gasteiger partial charge in [-0.1, -0.05) is 73.6 Å². The van der Waals surface area contributed by atoms with Crippen LogP contribution in [0.4, 0.5) is 4.79 Å². The van der Waals surface area contributed by atoms with Crippen molar-refractivity contribution in [1.82, 2.24) is 26.2 Å². The molecule has 4 N–H and O–H groups in total. The van der Waals surface area contributed by atoms with Crippen LogP contribution in [0.1, 0.15) is 127 Å². The number of Topliss-reactive ketones (excluding diaryl/α,β-unsaturated/α-hetero) is 1. The van der Waals surface area contributed by atoms with Gasteiger partial charge in [0.05, 0.1) is 22.1 Å². The lowest BCUT2D eigenvalue weighted by Crippen LogP contribution is -2.64. The highest BCUT2D eigenvalue weighted by Gasteiger charge is 2.70. The molecule has 1 saturated heterocycles. The van der Waals surface area contributed by atoms with Crippen LogP contribution >= 0.6 is 0 Å². The van der Waals surface area contributed by atoms with E-state index in [-0.39, 0.29) is 29.0 Å². The van der Waals surface area contributed by atoms with Gasteiger partial charge in [0.15, 0.2) is 9.84 Å². The first kappa shape index (κ1) is 39.1. The number of nitrogens with zero attached hydrogens (tertiary/aromatic N) is 1. The van der Waals surface area contributed by atoms with Crippen LogP contribution in [-0.2, 0) is 29.0 Å². The summed E-state index contributed by atoms with van der Waals surface area (Å²) in [7, 11) is -3.56. The molecule has 0 aromatic rings. The molecule has 49 heavy (non-hydrogen) atoms. The number of rotatable bonds is 13. The zero-order valence-electron chi connectivity index (χ0n) is 31.2. The first-order valence-corrected chi connectivity index (χ1v) is 20.0. The fourth-order valence-electron chi connectivity index (χ4n) is 7.73. The number of piperidine rings is 1. The van der Waals surface area contributed by atoms with Crippen LogP contribution in [0, 0.1) is 22.7 Å². The standard InChI is InChI=1S/C36H61N5O7S/c1-10-11-15-24(27(42)30(44)37-22-16-17-22)38-29(43)26-25-23(35(25,8)9)20-41(26)31(45)28(33(2,3)4)39-32(46)40-36(18-13-12-14-19-36)21-49(47,48)34(5,6)7/h22-26,28H,10-21H2,1-9H3,(H,37,44)(H,38,43)(H2,39,40,46)/t23-,24?,25-,26-,28+/m0/s1. The molecule has 3 aliphatic carbocycles. The molecule has 12 nitrogen and oxygen atoms in total. The Bertz CT molecular complexity index is 1400. The van der Waals surface area contributed by atoms with E-state index >= 15 is 0 Å². The summed E-state index contributed by atoms with van der Waals surface area (Å²) in [5, 5.41) is 11.5. The molecule has 278 valence electrons. The van der Waals surface area contributed by atoms with Crippen LogP contribution in [0.3, 0.4) is 0 Å². The van der Waals surface area contributed by atoms with Gasteiger partial charge >= 0.3 is 6.03 Å². The fourth-order valence-corrected chi connectivity index (χ4v) is 9.25. The minimum absolute atomic E-state index is 0.00450. The van der Waals surface area contributed by atoms with Crippen LogP contribution in [-0.4, -0.2) is 89.6 Å². The summed E-state index contributed by atoms with van der Waals surface area (Å²) in [6, 6.07) is -3.50. The van der Waals surface area contributed by atoms with Gasteiger partial charge in [0.1, 0.15) is 12.1 Å². The van der Waals surface area contributed by atoms with E-state index in [1.54, 1.807) is 20.8 Å². The van der Waals surface area contributed by atoms with Crippen molar-refractivity contribution >= 4 is 39.4 Å². The molecule has 3 saturated carbocycles. The number of hydrogen-bond acceptors (Lipinski definition) is 7. The quantitative estimate of drug-likeness (QED) is 0.212. The Morgan fingerprint density at radius 2 is 1.53 bits per heavy atom. The van der Waals surface area contributed by atoms with Crippen LogP contribution in [0.25, 0.3) is 0 Å². The number of urea groups is 1. The molecule has 4 fully saturated rings. The number of carbonyl (C=O) groups excluding carboxylic acids is 5. The van der Waals surface area contributed by atoms with Gasteiger partial charge in [-0.15, -0.1) is 0 Å². The second-order valence-electron chi connectivity index (χ2n) is 17.8. The summed E-state index contributed by atoms with van der Waals surface area (Å²) in [5.41, 5.74) is -1.90. The van der Waals surface area contributed by atoms with Crippen molar-refractivity contribution in [3.63, 3.8) is 0 Å². The first-order chi connectivity index (χ1) is 22.5. The number of amides is 5. The highest BCUT2D eigenvalue weighted by molar-refractivity contribution is 7.92. The van der Waals surface area contributed by atoms with Gasteiger partial charge in [0, 0.05) is 12.6 Å². The molecule has 1 heterocycles. The molecule has 1 unspecified atom stereocenters. The third-order valence-corrected chi connectivity index (χ3v) is 14.2. The van der Waals surface area contributed by atoms with Crippen molar-refractivity contribution in [2.45, 2.75) is 161 Å². The zero-order chi connectivity index (χ0) is 36.7. The van der Waals surface area contributed by atoms with Gasteiger partial charge in [-0.05, 0) is 75.5 Å². The molecule has 0 aromatic carbocycles. The summed E-state index contributed by atoms with van der Waals surface area (Å²) in [6.45, 7) is 16.9. The summed E-state index contributed by atoms with van der Waals surface area (Å²) in [5.74, 6) is -2.50. The molecule has 1 aliphatic heterocycles. The first-order valence-electron chi connectivity index (χ1n) is 18.3. The van der Waals surface area contributed by atoms with Crippen molar-refractivity contribution in [1.29, 1.82) is 0 Å². The Morgan fingerprint density at radius 3 is 2.06 bits per heavy atom. The third kappa shape index (κ3) is 8.79. The molecule has 0 bridgehead atoms. The molecule has 5 atom stereocenters. The molecule has 0 spiro atoms. The average Bonchev–Trinajstić information content (AvgIpc) is 3.83. The predicted molar refractivity (Wildman–Crippen MR) is 188 cm³/mol. The highest BCUT2D eigenvalue weighted by atomic mass is 32.2. The summed E-state index contributed by atoms with van der Waals surface area (Å²) in [4.78, 5) is 69.7. The smallest absolute Gasteiger partial charge is 0.315 e. The molecular formula is C36H61N5O7S. The second-order valence-corrected chi connectivity index (χ2v) is 20.6. The number of ketones is 1. The minimum atomic E-state index is -3.56. The van der Waals surface area contributed by atoms with Gasteiger partial charge < -0.3 is 26.2 Å². The summed E-state index contributed by atoms with van der Waals surface area (Å²) >= 11 is 0. The third-order valence-electron chi connectivity index (χ3n) is 11.4. The lowest BCUT2D eigenvalue weighted by Gasteiger charge is -2.41. The van der Waals surface area contributed by atoms with Crippen LogP contribution in [0.15, 0.2) is 0 Å². The van der Waals surface area contributed by atoms with E-state index in [0.29, 0.717) is 32.2 Å². The van der Waals surface area contributed by atoms with Crippen LogP contribution < -0.4 is 21.3 Å². The molecule has 0 aromatic heterocycles. The van der Waals surface area contributed by atoms with Gasteiger partial charge in [0.25, 0.3) is 5.91 Å². The van der Waals surface area contributed by atoms with Gasteiger partial charge in [-0.25, -0.2) is 13.2 Å². The van der Waals surface area contributed by atoms with E-state index in [1.807, 2.05) is 27.7 Å². The average molecular weight is 708 g/mol. The van der Waals surface area contributed by atoms with Crippen LogP contribution in [0.5, 0.6) is 0 Å². The predicted octanol–water partition coefficient (Wildman–Crippen LogP) is 3.62. The number of sulfone groups is 1. The molecule has 0 radical (unpaired) electrons. The SMILES string of the molecule is CCCCC(NC(=O)[C@@H]1[C@@H]2[C@H](CN1C(=O)[C@@H](NC(=O)NC1(CS(=O)(=O)C(C)(C)C)CCCCC1)C(C)(C)C)C2(C)C)C(=O)C(=O)NC1CC1. The molecule has 5 amide bonds. The number of nitrogens with one attached hydrogen (secondary N) is 4. The van der Waals surface area contributed by atoms with E-state index in [1.165, 1.54) is 4.90 Å². The summed E-state index contributed by atoms with van der Waals surface area (Å²) < 4.78 is 25.6. The number of fused-ring (bicyclic) bond motifs is 1. The lowest BCUT2D eigenvalue weighted by atomic mass is 9.83. The van der Waals surface area contributed by atoms with E-state index in [2.05, 4.69) is 35.1 Å². The maximum atomic E-state index is 14.5. The van der Waals surface area contributed by atoms with Gasteiger partial charge in [-0.3, -0.25) is 19.2 Å². The number of unbranched alkanes of at least 4 members (excludes halogenated alkanes) is 1. The molecular weight excluding hydrogens is 646 g/mol. The Balaban J connectivity index is 1.54. The van der Waals surface area contributed by atoms with Crippen molar-refractivity contribution < 1.29 is 32.4 Å². The number of likely N-dealkylation sites (tertiary alicyclic amines) is 1. The normalized spacial score (nSPS) is 25.7. The number of hydrogen-bond donors (Lipinski definition) is 4. The summed E-state index contributed by atoms with van der Waals surface area (Å²) in [6.07, 6.45) is 6.97. The van der Waals surface area contributed by atoms with E-state index < -0.39 is 73.2 Å². The topological polar surface area (TPSA) is 171 Å². The highest BCUT2D eigenvalue weighted by Crippen LogP contribution is 2.65. The Kier molecular flexibility index (Phi) is 11.3. The zero-order valence-corrected chi connectivity index (χ0v) is 32.0. The van der Waals surface area contributed by atoms with Crippen LogP contribution in [0.2, 0.25) is 0 Å². The van der Waals surface area contributed by atoms with Gasteiger partial charge in [-0.2, -0.15) is 0 Å². The van der Waals surface area contributed by atoms with E-state index in [4.69, 9.17) is 0 Å². The van der Waals surface area contributed by atoms with E-state index in [9.17, 15) is 32.4 Å². The van der Waals surface area contributed by atoms with Gasteiger partial charge in [0.2, 0.25) is 17.6 Å². The lowest BCUT2D eigenvalue weighted by molar-refractivity contribution is -0.145. The Morgan fingerprint density at radius 1 is 0.918 bits per heavy atom. The minimum Gasteiger partial charge on any atom is -0.347 e. The Hall–Kier alpha value is -2.70. The Labute approximate surface area is 293 Å². The van der Waals surface area contributed by atoms with Crippen molar-refractivity contribution in [2.24, 2.45) is 22.7 Å². The second kappa shape index (κ2) is 14.1. The number of carbonyl (C=O) groups is 5. The van der Waals surface area contributed by atoms with E-state index in [0.717, 1.165) is 38.5 Å². The fraction of sp³-hybridized carbons (Fsp3) is 0.861. The maximum absolute atomic E-state index is 14.5. The monoisotopic (exact) mass is 707 g/mol. The van der Waals surface area contributed by atoms with Crippen molar-refractivity contribution in [3.05, 3.63) is 0 Å². The molecule has 13 heteroatoms.